The van der Waals surface area contributed by atoms with Crippen molar-refractivity contribution >= 4 is 35.0 Å². The molecule has 152 valence electrons. The normalized spacial score (nSPS) is 14.1. The molecule has 1 aliphatic rings. The van der Waals surface area contributed by atoms with Crippen molar-refractivity contribution in [3.05, 3.63) is 23.8 Å². The summed E-state index contributed by atoms with van der Waals surface area (Å²) in [6, 6.07) is 4.69. The highest BCUT2D eigenvalue weighted by atomic mass is 16.5. The number of benzene rings is 1. The van der Waals surface area contributed by atoms with Gasteiger partial charge in [0.25, 0.3) is 11.8 Å². The second kappa shape index (κ2) is 9.81. The fraction of sp³-hybridized carbons (Fsp3) is 0.444. The molecule has 1 aliphatic heterocycles. The number of hydrogen-bond donors (Lipinski definition) is 3. The lowest BCUT2D eigenvalue weighted by Crippen LogP contribution is -2.41. The molecule has 0 bridgehead atoms. The van der Waals surface area contributed by atoms with Crippen LogP contribution in [0.5, 0.6) is 0 Å². The average molecular weight is 391 g/mol. The minimum atomic E-state index is -0.773. The number of primary amides is 1. The topological polar surface area (TPSA) is 134 Å². The summed E-state index contributed by atoms with van der Waals surface area (Å²) in [5.41, 5.74) is 5.99. The Morgan fingerprint density at radius 2 is 2.04 bits per heavy atom. The van der Waals surface area contributed by atoms with Crippen molar-refractivity contribution in [2.24, 2.45) is 5.73 Å². The first-order valence-corrected chi connectivity index (χ1v) is 8.81. The summed E-state index contributed by atoms with van der Waals surface area (Å²) in [6.45, 7) is 1.78. The van der Waals surface area contributed by atoms with Gasteiger partial charge in [-0.3, -0.25) is 19.2 Å². The minimum Gasteiger partial charge on any atom is -0.370 e. The maximum absolute atomic E-state index is 12.7. The Bertz CT molecular complexity index is 765. The van der Waals surface area contributed by atoms with Crippen LogP contribution >= 0.6 is 0 Å². The van der Waals surface area contributed by atoms with Crippen molar-refractivity contribution < 1.29 is 23.9 Å². The predicted molar refractivity (Wildman–Crippen MR) is 103 cm³/mol. The van der Waals surface area contributed by atoms with Crippen LogP contribution in [0.25, 0.3) is 0 Å². The smallest absolute Gasteiger partial charge is 0.253 e. The van der Waals surface area contributed by atoms with E-state index in [0.717, 1.165) is 0 Å². The number of nitrogens with zero attached hydrogens (tertiary/aromatic N) is 2. The number of amides is 4. The Kier molecular flexibility index (Phi) is 7.47. The number of carbonyl (C=O) groups excluding carboxylic acids is 4. The predicted octanol–water partition coefficient (Wildman–Crippen LogP) is -0.845. The van der Waals surface area contributed by atoms with E-state index >= 15 is 0 Å². The minimum absolute atomic E-state index is 0.0263. The van der Waals surface area contributed by atoms with Crippen molar-refractivity contribution in [2.45, 2.75) is 6.42 Å². The van der Waals surface area contributed by atoms with Crippen LogP contribution in [0.4, 0.5) is 11.4 Å². The van der Waals surface area contributed by atoms with Crippen LogP contribution in [0, 0.1) is 0 Å². The standard InChI is InChI=1S/C18H25N5O5/c1-22(2)6-5-20-18(27)13-9-12(23-7-8-28-11-17(23)26)3-4-14(13)21-16(25)10-15(19)24/h3-4,9H,5-8,10-11H2,1-2H3,(H2,19,24)(H,20,27)(H,21,25). The fourth-order valence-electron chi connectivity index (χ4n) is 2.63. The zero-order chi connectivity index (χ0) is 20.7. The highest BCUT2D eigenvalue weighted by Gasteiger charge is 2.23. The van der Waals surface area contributed by atoms with Gasteiger partial charge in [0.2, 0.25) is 11.8 Å². The van der Waals surface area contributed by atoms with E-state index in [9.17, 15) is 19.2 Å². The number of carbonyl (C=O) groups is 4. The van der Waals surface area contributed by atoms with Crippen molar-refractivity contribution in [1.29, 1.82) is 0 Å². The van der Waals surface area contributed by atoms with Gasteiger partial charge in [-0.15, -0.1) is 0 Å². The number of ether oxygens (including phenoxy) is 1. The number of nitrogens with two attached hydrogens (primary N) is 1. The van der Waals surface area contributed by atoms with Gasteiger partial charge in [-0.05, 0) is 32.3 Å². The van der Waals surface area contributed by atoms with Crippen LogP contribution in [-0.2, 0) is 19.1 Å². The van der Waals surface area contributed by atoms with Gasteiger partial charge in [-0.2, -0.15) is 0 Å². The molecule has 10 nitrogen and oxygen atoms in total. The van der Waals surface area contributed by atoms with E-state index in [-0.39, 0.29) is 23.8 Å². The van der Waals surface area contributed by atoms with E-state index in [0.29, 0.717) is 31.9 Å². The Hall–Kier alpha value is -2.98. The molecule has 0 spiro atoms. The summed E-state index contributed by atoms with van der Waals surface area (Å²) in [7, 11) is 3.76. The zero-order valence-corrected chi connectivity index (χ0v) is 16.0. The molecule has 1 aromatic rings. The van der Waals surface area contributed by atoms with Crippen molar-refractivity contribution in [3.63, 3.8) is 0 Å². The number of likely N-dealkylation sites (N-methyl/N-ethyl adjacent to an activating group) is 1. The molecule has 1 aromatic carbocycles. The van der Waals surface area contributed by atoms with Gasteiger partial charge in [0.15, 0.2) is 0 Å². The second-order valence-corrected chi connectivity index (χ2v) is 6.58. The molecule has 0 radical (unpaired) electrons. The molecule has 1 heterocycles. The van der Waals surface area contributed by atoms with Gasteiger partial charge in [0.05, 0.1) is 17.9 Å². The van der Waals surface area contributed by atoms with Crippen molar-refractivity contribution in [2.75, 3.05) is 57.2 Å². The summed E-state index contributed by atoms with van der Waals surface area (Å²) in [5, 5.41) is 5.30. The Morgan fingerprint density at radius 3 is 2.68 bits per heavy atom. The van der Waals surface area contributed by atoms with Crippen LogP contribution < -0.4 is 21.3 Å². The Morgan fingerprint density at radius 1 is 1.29 bits per heavy atom. The van der Waals surface area contributed by atoms with E-state index in [1.165, 1.54) is 17.0 Å². The number of anilines is 2. The third-order valence-corrected chi connectivity index (χ3v) is 4.00. The molecular formula is C18H25N5O5. The molecule has 1 saturated heterocycles. The molecule has 0 unspecified atom stereocenters. The highest BCUT2D eigenvalue weighted by Crippen LogP contribution is 2.25. The van der Waals surface area contributed by atoms with Crippen LogP contribution in [0.3, 0.4) is 0 Å². The number of morpholine rings is 1. The molecule has 28 heavy (non-hydrogen) atoms. The first-order valence-electron chi connectivity index (χ1n) is 8.81. The van der Waals surface area contributed by atoms with Crippen LogP contribution in [0.2, 0.25) is 0 Å². The molecule has 4 N–H and O–H groups in total. The van der Waals surface area contributed by atoms with Gasteiger partial charge in [0, 0.05) is 25.3 Å². The van der Waals surface area contributed by atoms with Gasteiger partial charge in [-0.1, -0.05) is 0 Å². The van der Waals surface area contributed by atoms with E-state index < -0.39 is 24.1 Å². The van der Waals surface area contributed by atoms with Gasteiger partial charge >= 0.3 is 0 Å². The first kappa shape index (κ1) is 21.3. The van der Waals surface area contributed by atoms with E-state index in [2.05, 4.69) is 10.6 Å². The summed E-state index contributed by atoms with van der Waals surface area (Å²) in [5.74, 6) is -2.01. The maximum atomic E-state index is 12.7. The monoisotopic (exact) mass is 391 g/mol. The van der Waals surface area contributed by atoms with E-state index in [4.69, 9.17) is 10.5 Å². The van der Waals surface area contributed by atoms with Gasteiger partial charge < -0.3 is 30.9 Å². The largest absolute Gasteiger partial charge is 0.370 e. The maximum Gasteiger partial charge on any atom is 0.253 e. The fourth-order valence-corrected chi connectivity index (χ4v) is 2.63. The van der Waals surface area contributed by atoms with E-state index in [1.54, 1.807) is 6.07 Å². The molecule has 4 amide bonds. The number of nitrogens with one attached hydrogen (secondary N) is 2. The summed E-state index contributed by atoms with van der Waals surface area (Å²) in [4.78, 5) is 51.0. The molecule has 0 saturated carbocycles. The molecule has 1 fully saturated rings. The zero-order valence-electron chi connectivity index (χ0n) is 16.0. The average Bonchev–Trinajstić information content (AvgIpc) is 2.61. The SMILES string of the molecule is CN(C)CCNC(=O)c1cc(N2CCOCC2=O)ccc1NC(=O)CC(N)=O. The van der Waals surface area contributed by atoms with Crippen molar-refractivity contribution in [1.82, 2.24) is 10.2 Å². The number of hydrogen-bond acceptors (Lipinski definition) is 6. The summed E-state index contributed by atoms with van der Waals surface area (Å²) in [6.07, 6.45) is -0.495. The van der Waals surface area contributed by atoms with Crippen LogP contribution in [-0.4, -0.2) is 75.5 Å². The molecule has 0 aliphatic carbocycles. The second-order valence-electron chi connectivity index (χ2n) is 6.58. The summed E-state index contributed by atoms with van der Waals surface area (Å²) < 4.78 is 5.12. The molecule has 0 aromatic heterocycles. The first-order chi connectivity index (χ1) is 13.3. The third kappa shape index (κ3) is 6.03. The van der Waals surface area contributed by atoms with E-state index in [1.807, 2.05) is 19.0 Å². The molecule has 10 heteroatoms. The number of rotatable bonds is 8. The lowest BCUT2D eigenvalue weighted by Gasteiger charge is -2.27. The lowest BCUT2D eigenvalue weighted by molar-refractivity contribution is -0.126. The third-order valence-electron chi connectivity index (χ3n) is 4.00. The Balaban J connectivity index is 2.27. The highest BCUT2D eigenvalue weighted by molar-refractivity contribution is 6.08. The molecule has 2 rings (SSSR count). The molecular weight excluding hydrogens is 366 g/mol. The van der Waals surface area contributed by atoms with Gasteiger partial charge in [-0.25, -0.2) is 0 Å². The summed E-state index contributed by atoms with van der Waals surface area (Å²) >= 11 is 0. The quantitative estimate of drug-likeness (QED) is 0.495. The molecule has 0 atom stereocenters. The Labute approximate surface area is 163 Å². The van der Waals surface area contributed by atoms with Crippen molar-refractivity contribution in [3.8, 4) is 0 Å². The van der Waals surface area contributed by atoms with Gasteiger partial charge in [0.1, 0.15) is 13.0 Å². The van der Waals surface area contributed by atoms with Crippen LogP contribution in [0.15, 0.2) is 18.2 Å². The van der Waals surface area contributed by atoms with Crippen LogP contribution in [0.1, 0.15) is 16.8 Å². The lowest BCUT2D eigenvalue weighted by atomic mass is 10.1.